The van der Waals surface area contributed by atoms with Gasteiger partial charge in [0.15, 0.2) is 0 Å². The Bertz CT molecular complexity index is 1690. The van der Waals surface area contributed by atoms with Crippen molar-refractivity contribution in [3.63, 3.8) is 0 Å². The molecule has 6 aromatic rings. The van der Waals surface area contributed by atoms with Gasteiger partial charge in [0.1, 0.15) is 22.9 Å². The summed E-state index contributed by atoms with van der Waals surface area (Å²) in [6.45, 7) is 0. The molecule has 0 fully saturated rings. The Balaban J connectivity index is 1.20. The summed E-state index contributed by atoms with van der Waals surface area (Å²) < 4.78 is 0. The van der Waals surface area contributed by atoms with E-state index in [-0.39, 0.29) is 11.5 Å². The molecule has 182 valence electrons. The second kappa shape index (κ2) is 9.95. The fraction of sp³-hybridized carbons (Fsp3) is 0. The quantitative estimate of drug-likeness (QED) is 0.233. The topological polar surface area (TPSA) is 89.9 Å². The molecule has 0 spiro atoms. The molecular formula is C32H22N4O2. The minimum Gasteiger partial charge on any atom is -0.506 e. The van der Waals surface area contributed by atoms with Gasteiger partial charge in [-0.05, 0) is 58.3 Å². The van der Waals surface area contributed by atoms with Crippen LogP contribution in [0.15, 0.2) is 142 Å². The summed E-state index contributed by atoms with van der Waals surface area (Å²) in [5.41, 5.74) is 4.31. The third-order valence-electron chi connectivity index (χ3n) is 6.36. The van der Waals surface area contributed by atoms with Crippen LogP contribution in [0.2, 0.25) is 0 Å². The number of azo groups is 2. The molecule has 0 aliphatic carbocycles. The molecule has 6 nitrogen and oxygen atoms in total. The fourth-order valence-electron chi connectivity index (χ4n) is 4.35. The molecule has 0 heterocycles. The summed E-state index contributed by atoms with van der Waals surface area (Å²) in [7, 11) is 0. The fourth-order valence-corrected chi connectivity index (χ4v) is 4.35. The lowest BCUT2D eigenvalue weighted by Gasteiger charge is -2.05. The maximum Gasteiger partial charge on any atom is 0.143 e. The minimum absolute atomic E-state index is 0.0944. The van der Waals surface area contributed by atoms with E-state index in [0.717, 1.165) is 32.7 Å². The molecule has 0 saturated carbocycles. The third kappa shape index (κ3) is 4.58. The van der Waals surface area contributed by atoms with Gasteiger partial charge in [-0.3, -0.25) is 0 Å². The van der Waals surface area contributed by atoms with E-state index in [4.69, 9.17) is 0 Å². The van der Waals surface area contributed by atoms with Crippen molar-refractivity contribution < 1.29 is 10.2 Å². The maximum absolute atomic E-state index is 10.3. The highest BCUT2D eigenvalue weighted by Crippen LogP contribution is 2.37. The van der Waals surface area contributed by atoms with Crippen molar-refractivity contribution in [2.24, 2.45) is 20.5 Å². The van der Waals surface area contributed by atoms with Crippen LogP contribution < -0.4 is 0 Å². The predicted molar refractivity (Wildman–Crippen MR) is 151 cm³/mol. The molecule has 38 heavy (non-hydrogen) atoms. The van der Waals surface area contributed by atoms with Gasteiger partial charge >= 0.3 is 0 Å². The summed E-state index contributed by atoms with van der Waals surface area (Å²) in [4.78, 5) is 0. The van der Waals surface area contributed by atoms with Gasteiger partial charge in [0.05, 0.1) is 11.4 Å². The molecule has 2 N–H and O–H groups in total. The zero-order valence-corrected chi connectivity index (χ0v) is 20.2. The summed E-state index contributed by atoms with van der Waals surface area (Å²) in [6, 6.07) is 37.9. The van der Waals surface area contributed by atoms with Crippen LogP contribution in [0, 0.1) is 0 Å². The number of nitrogens with zero attached hydrogens (tertiary/aromatic N) is 4. The Morgan fingerprint density at radius 3 is 1.18 bits per heavy atom. The smallest absolute Gasteiger partial charge is 0.143 e. The lowest BCUT2D eigenvalue weighted by Crippen LogP contribution is -1.77. The first-order valence-corrected chi connectivity index (χ1v) is 12.1. The number of rotatable bonds is 5. The second-order valence-electron chi connectivity index (χ2n) is 8.80. The van der Waals surface area contributed by atoms with E-state index in [9.17, 15) is 10.2 Å². The highest BCUT2D eigenvalue weighted by atomic mass is 16.3. The van der Waals surface area contributed by atoms with Crippen LogP contribution in [-0.2, 0) is 0 Å². The van der Waals surface area contributed by atoms with Crippen molar-refractivity contribution in [2.75, 3.05) is 0 Å². The predicted octanol–water partition coefficient (Wildman–Crippen LogP) is 9.90. The van der Waals surface area contributed by atoms with E-state index in [0.29, 0.717) is 22.7 Å². The Morgan fingerprint density at radius 1 is 0.368 bits per heavy atom. The first-order valence-electron chi connectivity index (χ1n) is 12.1. The van der Waals surface area contributed by atoms with Crippen LogP contribution in [0.4, 0.5) is 22.7 Å². The van der Waals surface area contributed by atoms with E-state index in [2.05, 4.69) is 20.5 Å². The number of phenols is 2. The summed E-state index contributed by atoms with van der Waals surface area (Å²) >= 11 is 0. The van der Waals surface area contributed by atoms with Crippen molar-refractivity contribution in [1.82, 2.24) is 0 Å². The molecule has 6 heteroatoms. The van der Waals surface area contributed by atoms with Crippen molar-refractivity contribution in [1.29, 1.82) is 0 Å². The highest BCUT2D eigenvalue weighted by molar-refractivity contribution is 5.96. The first-order chi connectivity index (χ1) is 18.7. The molecule has 0 bridgehead atoms. The van der Waals surface area contributed by atoms with Crippen LogP contribution >= 0.6 is 0 Å². The summed E-state index contributed by atoms with van der Waals surface area (Å²) in [5, 5.41) is 41.6. The maximum atomic E-state index is 10.3. The number of benzene rings is 6. The lowest BCUT2D eigenvalue weighted by molar-refractivity contribution is 0.476. The van der Waals surface area contributed by atoms with Crippen LogP contribution in [0.25, 0.3) is 32.7 Å². The van der Waals surface area contributed by atoms with E-state index in [1.54, 1.807) is 12.1 Å². The Morgan fingerprint density at radius 2 is 0.763 bits per heavy atom. The van der Waals surface area contributed by atoms with Gasteiger partial charge in [0.2, 0.25) is 0 Å². The van der Waals surface area contributed by atoms with Crippen molar-refractivity contribution in [3.05, 3.63) is 121 Å². The standard InChI is InChI=1S/C32H22N4O2/c37-29-19-13-23-5-1-3-7-27(23)31(29)35-33-25-15-9-21(10-16-25)22-11-17-26(18-12-22)34-36-32-28-8-4-2-6-24(28)14-20-30(32)38/h1-20,37-38H. The first kappa shape index (κ1) is 23.1. The largest absolute Gasteiger partial charge is 0.506 e. The molecule has 0 aliphatic rings. The minimum atomic E-state index is 0.0944. The van der Waals surface area contributed by atoms with E-state index in [1.165, 1.54) is 0 Å². The van der Waals surface area contributed by atoms with Crippen molar-refractivity contribution >= 4 is 44.3 Å². The van der Waals surface area contributed by atoms with Crippen molar-refractivity contribution in [3.8, 4) is 22.6 Å². The molecule has 0 aromatic heterocycles. The number of aromatic hydroxyl groups is 2. The normalized spacial score (nSPS) is 11.7. The van der Waals surface area contributed by atoms with Crippen LogP contribution in [0.3, 0.4) is 0 Å². The average Bonchev–Trinajstić information content (AvgIpc) is 2.97. The Kier molecular flexibility index (Phi) is 6.04. The number of fused-ring (bicyclic) bond motifs is 2. The second-order valence-corrected chi connectivity index (χ2v) is 8.80. The molecule has 0 unspecified atom stereocenters. The van der Waals surface area contributed by atoms with Gasteiger partial charge in [-0.1, -0.05) is 84.9 Å². The monoisotopic (exact) mass is 494 g/mol. The number of hydrogen-bond donors (Lipinski definition) is 2. The molecule has 0 saturated heterocycles. The summed E-state index contributed by atoms with van der Waals surface area (Å²) in [6.07, 6.45) is 0. The number of hydrogen-bond acceptors (Lipinski definition) is 6. The van der Waals surface area contributed by atoms with E-state index >= 15 is 0 Å². The molecule has 0 aliphatic heterocycles. The van der Waals surface area contributed by atoms with Gasteiger partial charge in [-0.2, -0.15) is 10.2 Å². The SMILES string of the molecule is Oc1ccc2ccccc2c1N=Nc1ccc(-c2ccc(N=Nc3c(O)ccc4ccccc34)cc2)cc1. The average molecular weight is 495 g/mol. The van der Waals surface area contributed by atoms with Gasteiger partial charge < -0.3 is 10.2 Å². The molecular weight excluding hydrogens is 472 g/mol. The zero-order valence-electron chi connectivity index (χ0n) is 20.2. The lowest BCUT2D eigenvalue weighted by atomic mass is 10.1. The Hall–Kier alpha value is -5.36. The zero-order chi connectivity index (χ0) is 25.9. The van der Waals surface area contributed by atoms with Gasteiger partial charge in [0, 0.05) is 10.8 Å². The van der Waals surface area contributed by atoms with Gasteiger partial charge in [0.25, 0.3) is 0 Å². The van der Waals surface area contributed by atoms with Crippen molar-refractivity contribution in [2.45, 2.75) is 0 Å². The molecule has 0 atom stereocenters. The van der Waals surface area contributed by atoms with Gasteiger partial charge in [-0.25, -0.2) is 0 Å². The molecule has 0 amide bonds. The number of phenolic OH excluding ortho intramolecular Hbond substituents is 2. The van der Waals surface area contributed by atoms with Crippen LogP contribution in [0.5, 0.6) is 11.5 Å². The van der Waals surface area contributed by atoms with E-state index in [1.807, 2.05) is 109 Å². The van der Waals surface area contributed by atoms with Gasteiger partial charge in [-0.15, -0.1) is 10.2 Å². The van der Waals surface area contributed by atoms with Crippen LogP contribution in [-0.4, -0.2) is 10.2 Å². The molecule has 6 rings (SSSR count). The third-order valence-corrected chi connectivity index (χ3v) is 6.36. The van der Waals surface area contributed by atoms with Crippen LogP contribution in [0.1, 0.15) is 0 Å². The highest BCUT2D eigenvalue weighted by Gasteiger charge is 2.07. The van der Waals surface area contributed by atoms with E-state index < -0.39 is 0 Å². The Labute approximate surface area is 218 Å². The molecule has 6 aromatic carbocycles. The summed E-state index contributed by atoms with van der Waals surface area (Å²) in [5.74, 6) is 0.189. The molecule has 0 radical (unpaired) electrons.